The minimum atomic E-state index is -1.44. The monoisotopic (exact) mass is 277 g/mol. The Bertz CT molecular complexity index is 328. The number of thioether (sulfide) groups is 1. The molecule has 0 aliphatic heterocycles. The van der Waals surface area contributed by atoms with Gasteiger partial charge in [0.1, 0.15) is 5.67 Å². The summed E-state index contributed by atoms with van der Waals surface area (Å²) >= 11 is 5.02. The number of halogens is 2. The second kappa shape index (κ2) is 4.64. The minimum absolute atomic E-state index is 0.00193. The van der Waals surface area contributed by atoms with E-state index in [0.717, 1.165) is 9.37 Å². The maximum atomic E-state index is 13.8. The Hall–Kier alpha value is -0.0600. The summed E-state index contributed by atoms with van der Waals surface area (Å²) in [6.07, 6.45) is 1.98. The van der Waals surface area contributed by atoms with Gasteiger partial charge in [0, 0.05) is 15.9 Å². The number of rotatable bonds is 3. The van der Waals surface area contributed by atoms with Gasteiger partial charge < -0.3 is 5.73 Å². The molecule has 0 radical (unpaired) electrons. The molecule has 1 aromatic rings. The average molecular weight is 278 g/mol. The summed E-state index contributed by atoms with van der Waals surface area (Å²) in [5.74, 6) is 0. The summed E-state index contributed by atoms with van der Waals surface area (Å²) in [5.41, 5.74) is 4.53. The SMILES string of the molecule is CSc1ccc(C(C)(F)CN)cc1Br. The molecule has 1 rings (SSSR count). The van der Waals surface area contributed by atoms with Crippen LogP contribution in [-0.2, 0) is 5.67 Å². The van der Waals surface area contributed by atoms with E-state index in [2.05, 4.69) is 15.9 Å². The van der Waals surface area contributed by atoms with Gasteiger partial charge in [-0.25, -0.2) is 4.39 Å². The van der Waals surface area contributed by atoms with E-state index < -0.39 is 5.67 Å². The van der Waals surface area contributed by atoms with Crippen molar-refractivity contribution in [1.29, 1.82) is 0 Å². The minimum Gasteiger partial charge on any atom is -0.327 e. The van der Waals surface area contributed by atoms with E-state index in [1.54, 1.807) is 23.9 Å². The van der Waals surface area contributed by atoms with Crippen LogP contribution in [0.3, 0.4) is 0 Å². The Morgan fingerprint density at radius 2 is 2.21 bits per heavy atom. The molecule has 78 valence electrons. The van der Waals surface area contributed by atoms with Crippen LogP contribution in [0.1, 0.15) is 12.5 Å². The van der Waals surface area contributed by atoms with Gasteiger partial charge in [-0.2, -0.15) is 0 Å². The van der Waals surface area contributed by atoms with Crippen molar-refractivity contribution in [2.45, 2.75) is 17.5 Å². The maximum absolute atomic E-state index is 13.8. The summed E-state index contributed by atoms with van der Waals surface area (Å²) in [4.78, 5) is 1.10. The Morgan fingerprint density at radius 1 is 1.57 bits per heavy atom. The van der Waals surface area contributed by atoms with Crippen molar-refractivity contribution >= 4 is 27.7 Å². The topological polar surface area (TPSA) is 26.0 Å². The standard InChI is InChI=1S/C10H13BrFNS/c1-10(12,6-13)7-3-4-9(14-2)8(11)5-7/h3-5H,6,13H2,1-2H3. The highest BCUT2D eigenvalue weighted by Gasteiger charge is 2.24. The molecule has 14 heavy (non-hydrogen) atoms. The van der Waals surface area contributed by atoms with Gasteiger partial charge >= 0.3 is 0 Å². The van der Waals surface area contributed by atoms with Gasteiger partial charge in [-0.1, -0.05) is 6.07 Å². The Labute approximate surface area is 96.4 Å². The molecule has 2 N–H and O–H groups in total. The van der Waals surface area contributed by atoms with Gasteiger partial charge in [0.2, 0.25) is 0 Å². The molecule has 1 nitrogen and oxygen atoms in total. The van der Waals surface area contributed by atoms with Crippen LogP contribution in [0.2, 0.25) is 0 Å². The first-order valence-corrected chi connectivity index (χ1v) is 6.26. The molecule has 0 spiro atoms. The maximum Gasteiger partial charge on any atom is 0.145 e. The quantitative estimate of drug-likeness (QED) is 0.858. The lowest BCUT2D eigenvalue weighted by Gasteiger charge is -2.19. The lowest BCUT2D eigenvalue weighted by molar-refractivity contribution is 0.203. The Balaban J connectivity index is 3.08. The van der Waals surface area contributed by atoms with E-state index >= 15 is 0 Å². The first-order chi connectivity index (χ1) is 6.51. The van der Waals surface area contributed by atoms with E-state index in [0.29, 0.717) is 5.56 Å². The molecule has 0 fully saturated rings. The summed E-state index contributed by atoms with van der Waals surface area (Å²) in [5, 5.41) is 0. The van der Waals surface area contributed by atoms with E-state index in [1.807, 2.05) is 12.3 Å². The van der Waals surface area contributed by atoms with Crippen LogP contribution in [0.25, 0.3) is 0 Å². The fourth-order valence-electron chi connectivity index (χ4n) is 1.11. The zero-order valence-electron chi connectivity index (χ0n) is 8.18. The van der Waals surface area contributed by atoms with E-state index in [-0.39, 0.29) is 6.54 Å². The number of hydrogen-bond donors (Lipinski definition) is 1. The number of benzene rings is 1. The van der Waals surface area contributed by atoms with Gasteiger partial charge in [-0.3, -0.25) is 0 Å². The molecule has 0 amide bonds. The van der Waals surface area contributed by atoms with Crippen LogP contribution in [0.4, 0.5) is 4.39 Å². The molecule has 1 aromatic carbocycles. The zero-order valence-corrected chi connectivity index (χ0v) is 10.6. The molecular formula is C10H13BrFNS. The van der Waals surface area contributed by atoms with Crippen LogP contribution < -0.4 is 5.73 Å². The molecule has 0 aliphatic carbocycles. The van der Waals surface area contributed by atoms with Crippen molar-refractivity contribution in [2.75, 3.05) is 12.8 Å². The molecule has 0 bridgehead atoms. The van der Waals surface area contributed by atoms with Crippen molar-refractivity contribution in [3.8, 4) is 0 Å². The lowest BCUT2D eigenvalue weighted by atomic mass is 9.98. The first kappa shape index (κ1) is 12.0. The Kier molecular flexibility index (Phi) is 3.98. The first-order valence-electron chi connectivity index (χ1n) is 4.24. The van der Waals surface area contributed by atoms with Crippen molar-refractivity contribution in [3.05, 3.63) is 28.2 Å². The third kappa shape index (κ3) is 2.49. The van der Waals surface area contributed by atoms with Crippen molar-refractivity contribution in [1.82, 2.24) is 0 Å². The predicted molar refractivity (Wildman–Crippen MR) is 63.4 cm³/mol. The molecule has 1 atom stereocenters. The molecule has 1 unspecified atom stereocenters. The fraction of sp³-hybridized carbons (Fsp3) is 0.400. The molecule has 4 heteroatoms. The van der Waals surface area contributed by atoms with E-state index in [1.165, 1.54) is 6.92 Å². The third-order valence-corrected chi connectivity index (χ3v) is 3.85. The zero-order chi connectivity index (χ0) is 10.8. The summed E-state index contributed by atoms with van der Waals surface area (Å²) in [7, 11) is 0. The highest BCUT2D eigenvalue weighted by molar-refractivity contribution is 9.10. The highest BCUT2D eigenvalue weighted by Crippen LogP contribution is 2.32. The van der Waals surface area contributed by atoms with E-state index in [4.69, 9.17) is 5.73 Å². The smallest absolute Gasteiger partial charge is 0.145 e. The lowest BCUT2D eigenvalue weighted by Crippen LogP contribution is -2.26. The van der Waals surface area contributed by atoms with Gasteiger partial charge in [-0.15, -0.1) is 11.8 Å². The van der Waals surface area contributed by atoms with Crippen molar-refractivity contribution in [3.63, 3.8) is 0 Å². The molecular weight excluding hydrogens is 265 g/mol. The van der Waals surface area contributed by atoms with Crippen LogP contribution in [0.5, 0.6) is 0 Å². The van der Waals surface area contributed by atoms with Gasteiger partial charge in [-0.05, 0) is 46.8 Å². The number of alkyl halides is 1. The second-order valence-electron chi connectivity index (χ2n) is 3.25. The second-order valence-corrected chi connectivity index (χ2v) is 4.95. The predicted octanol–water partition coefficient (Wildman–Crippen LogP) is 3.31. The number of nitrogens with two attached hydrogens (primary N) is 1. The summed E-state index contributed by atoms with van der Waals surface area (Å²) < 4.78 is 14.7. The Morgan fingerprint density at radius 3 is 2.64 bits per heavy atom. The molecule has 0 aliphatic rings. The van der Waals surface area contributed by atoms with E-state index in [9.17, 15) is 4.39 Å². The molecule has 0 saturated heterocycles. The highest BCUT2D eigenvalue weighted by atomic mass is 79.9. The van der Waals surface area contributed by atoms with Gasteiger partial charge in [0.15, 0.2) is 0 Å². The van der Waals surface area contributed by atoms with Crippen molar-refractivity contribution < 1.29 is 4.39 Å². The fourth-order valence-corrected chi connectivity index (χ4v) is 2.43. The summed E-state index contributed by atoms with van der Waals surface area (Å²) in [6.45, 7) is 1.49. The van der Waals surface area contributed by atoms with Crippen molar-refractivity contribution in [2.24, 2.45) is 5.73 Å². The van der Waals surface area contributed by atoms with Gasteiger partial charge in [0.25, 0.3) is 0 Å². The van der Waals surface area contributed by atoms with Gasteiger partial charge in [0.05, 0.1) is 0 Å². The van der Waals surface area contributed by atoms with Crippen LogP contribution in [0, 0.1) is 0 Å². The molecule has 0 aromatic heterocycles. The largest absolute Gasteiger partial charge is 0.327 e. The summed E-state index contributed by atoms with van der Waals surface area (Å²) in [6, 6.07) is 5.47. The normalized spacial score (nSPS) is 15.2. The van der Waals surface area contributed by atoms with Crippen LogP contribution >= 0.6 is 27.7 Å². The molecule has 0 saturated carbocycles. The molecule has 0 heterocycles. The number of hydrogen-bond acceptors (Lipinski definition) is 2. The van der Waals surface area contributed by atoms with Crippen LogP contribution in [0.15, 0.2) is 27.6 Å². The third-order valence-electron chi connectivity index (χ3n) is 2.14. The van der Waals surface area contributed by atoms with Crippen LogP contribution in [-0.4, -0.2) is 12.8 Å². The average Bonchev–Trinajstić information content (AvgIpc) is 2.17.